The highest BCUT2D eigenvalue weighted by molar-refractivity contribution is 7.91. The van der Waals surface area contributed by atoms with Gasteiger partial charge in [0.15, 0.2) is 9.84 Å². The van der Waals surface area contributed by atoms with E-state index < -0.39 is 9.84 Å². The van der Waals surface area contributed by atoms with Crippen LogP contribution in [0.4, 0.5) is 5.69 Å². The molecule has 4 nitrogen and oxygen atoms in total. The third-order valence-corrected chi connectivity index (χ3v) is 5.56. The van der Waals surface area contributed by atoms with Crippen LogP contribution < -0.4 is 5.73 Å². The summed E-state index contributed by atoms with van der Waals surface area (Å²) < 4.78 is 24.7. The highest BCUT2D eigenvalue weighted by Crippen LogP contribution is 2.50. The van der Waals surface area contributed by atoms with Gasteiger partial charge in [-0.05, 0) is 42.9 Å². The van der Waals surface area contributed by atoms with Crippen molar-refractivity contribution in [3.05, 3.63) is 23.8 Å². The summed E-state index contributed by atoms with van der Waals surface area (Å²) in [6.07, 6.45) is 1.95. The molecule has 1 saturated carbocycles. The molecule has 0 amide bonds. The van der Waals surface area contributed by atoms with Crippen LogP contribution in [0.25, 0.3) is 0 Å². The van der Waals surface area contributed by atoms with Crippen molar-refractivity contribution in [3.63, 3.8) is 0 Å². The van der Waals surface area contributed by atoms with E-state index in [9.17, 15) is 8.42 Å². The molecule has 0 radical (unpaired) electrons. The predicted octanol–water partition coefficient (Wildman–Crippen LogP) is 2.04. The molecule has 2 N–H and O–H groups in total. The Morgan fingerprint density at radius 2 is 2.11 bits per heavy atom. The molecule has 0 unspecified atom stereocenters. The van der Waals surface area contributed by atoms with E-state index in [0.717, 1.165) is 12.8 Å². The molecule has 18 heavy (non-hydrogen) atoms. The smallest absolute Gasteiger partial charge is 0.179 e. The van der Waals surface area contributed by atoms with Crippen molar-refractivity contribution in [1.82, 2.24) is 0 Å². The summed E-state index contributed by atoms with van der Waals surface area (Å²) in [4.78, 5) is 0.298. The zero-order valence-electron chi connectivity index (χ0n) is 10.3. The van der Waals surface area contributed by atoms with Gasteiger partial charge in [-0.2, -0.15) is 5.26 Å². The standard InChI is InChI=1S/C13H16N2O2S/c1-10-2-3-11(15)8-12(10)18(16,17)9-13(4-5-13)6-7-14/h2-3,8H,4-6,9,15H2,1H3. The maximum atomic E-state index is 12.4. The fourth-order valence-electron chi connectivity index (χ4n) is 2.15. The van der Waals surface area contributed by atoms with Gasteiger partial charge in [0.1, 0.15) is 0 Å². The van der Waals surface area contributed by atoms with Crippen molar-refractivity contribution in [3.8, 4) is 6.07 Å². The van der Waals surface area contributed by atoms with Gasteiger partial charge < -0.3 is 5.73 Å². The van der Waals surface area contributed by atoms with Gasteiger partial charge in [0.2, 0.25) is 0 Å². The molecule has 1 aromatic rings. The molecular weight excluding hydrogens is 248 g/mol. The van der Waals surface area contributed by atoms with Gasteiger partial charge >= 0.3 is 0 Å². The van der Waals surface area contributed by atoms with Crippen molar-refractivity contribution in [2.24, 2.45) is 5.41 Å². The third-order valence-electron chi connectivity index (χ3n) is 3.45. The highest BCUT2D eigenvalue weighted by atomic mass is 32.2. The minimum Gasteiger partial charge on any atom is -0.399 e. The first-order chi connectivity index (χ1) is 8.38. The zero-order chi connectivity index (χ0) is 13.4. The van der Waals surface area contributed by atoms with Crippen LogP contribution in [0.5, 0.6) is 0 Å². The lowest BCUT2D eigenvalue weighted by Crippen LogP contribution is -2.18. The SMILES string of the molecule is Cc1ccc(N)cc1S(=O)(=O)CC1(CC#N)CC1. The molecule has 0 aromatic heterocycles. The maximum Gasteiger partial charge on any atom is 0.179 e. The number of aryl methyl sites for hydroxylation is 1. The Morgan fingerprint density at radius 1 is 1.44 bits per heavy atom. The second-order valence-corrected chi connectivity index (χ2v) is 7.08. The monoisotopic (exact) mass is 264 g/mol. The number of nitrogens with two attached hydrogens (primary N) is 1. The average Bonchev–Trinajstić information content (AvgIpc) is 3.01. The zero-order valence-corrected chi connectivity index (χ0v) is 11.1. The number of nitrogens with zero attached hydrogens (tertiary/aromatic N) is 1. The van der Waals surface area contributed by atoms with E-state index in [1.54, 1.807) is 19.1 Å². The van der Waals surface area contributed by atoms with Gasteiger partial charge in [0.05, 0.1) is 16.7 Å². The lowest BCUT2D eigenvalue weighted by Gasteiger charge is -2.13. The summed E-state index contributed by atoms with van der Waals surface area (Å²) in [7, 11) is -3.36. The molecular formula is C13H16N2O2S. The minimum absolute atomic E-state index is 0.0534. The van der Waals surface area contributed by atoms with Gasteiger partial charge in [-0.15, -0.1) is 0 Å². The topological polar surface area (TPSA) is 84.0 Å². The molecule has 0 saturated heterocycles. The Kier molecular flexibility index (Phi) is 3.07. The number of nitrogen functional groups attached to an aromatic ring is 1. The molecule has 1 aliphatic rings. The van der Waals surface area contributed by atoms with Crippen molar-refractivity contribution in [1.29, 1.82) is 5.26 Å². The number of rotatable bonds is 4. The lowest BCUT2D eigenvalue weighted by molar-refractivity contribution is 0.547. The molecule has 1 aliphatic carbocycles. The summed E-state index contributed by atoms with van der Waals surface area (Å²) in [6.45, 7) is 1.76. The van der Waals surface area contributed by atoms with E-state index in [1.807, 2.05) is 0 Å². The van der Waals surface area contributed by atoms with E-state index in [2.05, 4.69) is 6.07 Å². The van der Waals surface area contributed by atoms with E-state index in [1.165, 1.54) is 6.07 Å². The molecule has 0 atom stereocenters. The number of benzene rings is 1. The minimum atomic E-state index is -3.36. The van der Waals surface area contributed by atoms with Crippen LogP contribution in [0.2, 0.25) is 0 Å². The Hall–Kier alpha value is -1.54. The molecule has 96 valence electrons. The largest absolute Gasteiger partial charge is 0.399 e. The molecule has 2 rings (SSSR count). The van der Waals surface area contributed by atoms with Crippen LogP contribution >= 0.6 is 0 Å². The number of anilines is 1. The van der Waals surface area contributed by atoms with Gasteiger partial charge in [0, 0.05) is 12.1 Å². The van der Waals surface area contributed by atoms with Crippen molar-refractivity contribution in [2.75, 3.05) is 11.5 Å². The Labute approximate surface area is 107 Å². The first-order valence-electron chi connectivity index (χ1n) is 5.84. The molecule has 0 aliphatic heterocycles. The lowest BCUT2D eigenvalue weighted by atomic mass is 10.1. The number of sulfone groups is 1. The van der Waals surface area contributed by atoms with E-state index in [4.69, 9.17) is 11.0 Å². The highest BCUT2D eigenvalue weighted by Gasteiger charge is 2.46. The Balaban J connectivity index is 2.32. The number of hydrogen-bond donors (Lipinski definition) is 1. The molecule has 0 bridgehead atoms. The second kappa shape index (κ2) is 4.29. The van der Waals surface area contributed by atoms with Crippen LogP contribution in [0.15, 0.2) is 23.1 Å². The molecule has 1 fully saturated rings. The predicted molar refractivity (Wildman–Crippen MR) is 69.5 cm³/mol. The molecule has 0 spiro atoms. The van der Waals surface area contributed by atoms with Crippen LogP contribution in [-0.4, -0.2) is 14.2 Å². The fourth-order valence-corrected chi connectivity index (χ4v) is 4.38. The summed E-state index contributed by atoms with van der Waals surface area (Å²) in [5.74, 6) is 0.0534. The first-order valence-corrected chi connectivity index (χ1v) is 7.50. The second-order valence-electron chi connectivity index (χ2n) is 5.12. The third kappa shape index (κ3) is 2.49. The van der Waals surface area contributed by atoms with E-state index in [-0.39, 0.29) is 11.2 Å². The van der Waals surface area contributed by atoms with Gasteiger partial charge in [-0.25, -0.2) is 8.42 Å². The van der Waals surface area contributed by atoms with Crippen LogP contribution in [0.1, 0.15) is 24.8 Å². The van der Waals surface area contributed by atoms with Crippen LogP contribution in [0.3, 0.4) is 0 Å². The Morgan fingerprint density at radius 3 is 2.67 bits per heavy atom. The summed E-state index contributed by atoms with van der Waals surface area (Å²) >= 11 is 0. The molecule has 5 heteroatoms. The average molecular weight is 264 g/mol. The first kappa shape index (κ1) is 12.9. The normalized spacial score (nSPS) is 17.1. The van der Waals surface area contributed by atoms with Crippen molar-refractivity contribution >= 4 is 15.5 Å². The van der Waals surface area contributed by atoms with Gasteiger partial charge in [0.25, 0.3) is 0 Å². The number of hydrogen-bond acceptors (Lipinski definition) is 4. The van der Waals surface area contributed by atoms with Gasteiger partial charge in [-0.1, -0.05) is 6.07 Å². The fraction of sp³-hybridized carbons (Fsp3) is 0.462. The number of nitriles is 1. The summed E-state index contributed by atoms with van der Waals surface area (Å²) in [5.41, 5.74) is 6.48. The van der Waals surface area contributed by atoms with Crippen LogP contribution in [-0.2, 0) is 9.84 Å². The van der Waals surface area contributed by atoms with Crippen molar-refractivity contribution < 1.29 is 8.42 Å². The van der Waals surface area contributed by atoms with Crippen LogP contribution in [0, 0.1) is 23.7 Å². The molecule has 0 heterocycles. The Bertz CT molecular complexity index is 610. The van der Waals surface area contributed by atoms with Crippen molar-refractivity contribution in [2.45, 2.75) is 31.1 Å². The quantitative estimate of drug-likeness (QED) is 0.843. The van der Waals surface area contributed by atoms with E-state index >= 15 is 0 Å². The summed E-state index contributed by atoms with van der Waals surface area (Å²) in [5, 5.41) is 8.74. The maximum absolute atomic E-state index is 12.4. The van der Waals surface area contributed by atoms with E-state index in [0.29, 0.717) is 22.6 Å². The summed E-state index contributed by atoms with van der Waals surface area (Å²) in [6, 6.07) is 6.99. The van der Waals surface area contributed by atoms with Gasteiger partial charge in [-0.3, -0.25) is 0 Å². The molecule has 1 aromatic carbocycles.